The molecular weight excluding hydrogens is 364 g/mol. The third-order valence-corrected chi connectivity index (χ3v) is 7.75. The van der Waals surface area contributed by atoms with Crippen LogP contribution in [-0.2, 0) is 4.79 Å². The smallest absolute Gasteiger partial charge is 0.228 e. The standard InChI is InChI=1S/C21H30N2OS.ClH/c1-15-13-17(25-16-5-3-2-4-6-16)7-8-19(15)23-20(24)18-14-21(18)9-11-22-12-10-21;/h7-8,13,16,18,22H,2-6,9-12,14H2,1H3,(H,23,24);1H. The summed E-state index contributed by atoms with van der Waals surface area (Å²) in [7, 11) is 0. The molecule has 1 aromatic rings. The second-order valence-electron chi connectivity index (χ2n) is 8.21. The van der Waals surface area contributed by atoms with Gasteiger partial charge in [-0.15, -0.1) is 24.2 Å². The van der Waals surface area contributed by atoms with Gasteiger partial charge in [0.1, 0.15) is 0 Å². The molecule has 0 bridgehead atoms. The van der Waals surface area contributed by atoms with E-state index in [9.17, 15) is 4.79 Å². The van der Waals surface area contributed by atoms with E-state index in [4.69, 9.17) is 0 Å². The summed E-state index contributed by atoms with van der Waals surface area (Å²) in [6.45, 7) is 4.25. The molecule has 1 heterocycles. The fraction of sp³-hybridized carbons (Fsp3) is 0.667. The van der Waals surface area contributed by atoms with E-state index in [1.54, 1.807) is 0 Å². The lowest BCUT2D eigenvalue weighted by Gasteiger charge is -2.23. The summed E-state index contributed by atoms with van der Waals surface area (Å²) in [6, 6.07) is 6.55. The molecule has 2 aliphatic carbocycles. The average Bonchev–Trinajstić information content (AvgIpc) is 3.32. The molecule has 1 saturated heterocycles. The predicted molar refractivity (Wildman–Crippen MR) is 112 cm³/mol. The molecule has 5 heteroatoms. The highest BCUT2D eigenvalue weighted by molar-refractivity contribution is 8.00. The highest BCUT2D eigenvalue weighted by Gasteiger charge is 2.57. The van der Waals surface area contributed by atoms with E-state index < -0.39 is 0 Å². The summed E-state index contributed by atoms with van der Waals surface area (Å²) in [5.41, 5.74) is 2.49. The van der Waals surface area contributed by atoms with Crippen LogP contribution in [-0.4, -0.2) is 24.2 Å². The van der Waals surface area contributed by atoms with Crippen molar-refractivity contribution in [3.8, 4) is 0 Å². The Morgan fingerprint density at radius 1 is 1.19 bits per heavy atom. The molecule has 1 aromatic carbocycles. The number of carbonyl (C=O) groups excluding carboxylic acids is 1. The number of piperidine rings is 1. The monoisotopic (exact) mass is 394 g/mol. The Morgan fingerprint density at radius 2 is 1.92 bits per heavy atom. The fourth-order valence-electron chi connectivity index (χ4n) is 4.64. The summed E-state index contributed by atoms with van der Waals surface area (Å²) in [5.74, 6) is 0.461. The second-order valence-corrected chi connectivity index (χ2v) is 9.59. The molecule has 1 amide bonds. The number of hydrogen-bond acceptors (Lipinski definition) is 3. The van der Waals surface area contributed by atoms with Crippen molar-refractivity contribution in [1.82, 2.24) is 5.32 Å². The summed E-state index contributed by atoms with van der Waals surface area (Å²) in [6.07, 6.45) is 10.2. The van der Waals surface area contributed by atoms with Gasteiger partial charge in [-0.2, -0.15) is 0 Å². The van der Waals surface area contributed by atoms with Crippen LogP contribution in [0.5, 0.6) is 0 Å². The molecule has 0 radical (unpaired) electrons. The first-order chi connectivity index (χ1) is 12.2. The normalized spacial score (nSPS) is 24.7. The first kappa shape index (κ1) is 20.0. The van der Waals surface area contributed by atoms with E-state index in [-0.39, 0.29) is 24.2 Å². The minimum Gasteiger partial charge on any atom is -0.326 e. The zero-order valence-corrected chi connectivity index (χ0v) is 17.3. The fourth-order valence-corrected chi connectivity index (χ4v) is 5.99. The van der Waals surface area contributed by atoms with Crippen LogP contribution in [0, 0.1) is 18.3 Å². The molecule has 2 N–H and O–H groups in total. The third kappa shape index (κ3) is 4.40. The number of aryl methyl sites for hydroxylation is 1. The number of amides is 1. The lowest BCUT2D eigenvalue weighted by atomic mass is 9.91. The van der Waals surface area contributed by atoms with Gasteiger partial charge >= 0.3 is 0 Å². The Morgan fingerprint density at radius 3 is 2.62 bits per heavy atom. The van der Waals surface area contributed by atoms with E-state index in [1.807, 2.05) is 11.8 Å². The molecule has 1 aliphatic heterocycles. The maximum Gasteiger partial charge on any atom is 0.228 e. The number of hydrogen-bond donors (Lipinski definition) is 2. The number of nitrogens with one attached hydrogen (secondary N) is 2. The van der Waals surface area contributed by atoms with Crippen molar-refractivity contribution in [2.24, 2.45) is 11.3 Å². The van der Waals surface area contributed by atoms with Crippen molar-refractivity contribution in [3.63, 3.8) is 0 Å². The zero-order chi connectivity index (χ0) is 17.3. The van der Waals surface area contributed by atoms with Crippen LogP contribution in [0.4, 0.5) is 5.69 Å². The first-order valence-electron chi connectivity index (χ1n) is 9.95. The van der Waals surface area contributed by atoms with Gasteiger partial charge in [0.15, 0.2) is 0 Å². The molecule has 1 unspecified atom stereocenters. The van der Waals surface area contributed by atoms with Crippen molar-refractivity contribution < 1.29 is 4.79 Å². The van der Waals surface area contributed by atoms with E-state index in [0.29, 0.717) is 5.41 Å². The molecule has 1 atom stereocenters. The van der Waals surface area contributed by atoms with Gasteiger partial charge in [0.25, 0.3) is 0 Å². The second kappa shape index (κ2) is 8.53. The maximum atomic E-state index is 12.7. The van der Waals surface area contributed by atoms with Crippen LogP contribution in [0.1, 0.15) is 56.9 Å². The first-order valence-corrected chi connectivity index (χ1v) is 10.8. The Kier molecular flexibility index (Phi) is 6.58. The molecule has 4 rings (SSSR count). The SMILES string of the molecule is Cc1cc(SC2CCCCC2)ccc1NC(=O)C1CC12CCNCC2.Cl. The van der Waals surface area contributed by atoms with Gasteiger partial charge in [0.05, 0.1) is 0 Å². The van der Waals surface area contributed by atoms with Crippen molar-refractivity contribution in [2.45, 2.75) is 68.4 Å². The molecule has 26 heavy (non-hydrogen) atoms. The van der Waals surface area contributed by atoms with E-state index in [1.165, 1.54) is 42.6 Å². The Balaban J connectivity index is 0.00000196. The van der Waals surface area contributed by atoms with Gasteiger partial charge < -0.3 is 10.6 Å². The van der Waals surface area contributed by atoms with Gasteiger partial charge in [-0.1, -0.05) is 19.3 Å². The number of thioether (sulfide) groups is 1. The zero-order valence-electron chi connectivity index (χ0n) is 15.7. The molecule has 3 aliphatic rings. The highest BCUT2D eigenvalue weighted by atomic mass is 35.5. The van der Waals surface area contributed by atoms with Gasteiger partial charge in [-0.05, 0) is 81.3 Å². The molecule has 1 spiro atoms. The number of halogens is 1. The van der Waals surface area contributed by atoms with Gasteiger partial charge in [0.2, 0.25) is 5.91 Å². The van der Waals surface area contributed by atoms with Crippen molar-refractivity contribution in [1.29, 1.82) is 0 Å². The average molecular weight is 395 g/mol. The molecule has 3 nitrogen and oxygen atoms in total. The van der Waals surface area contributed by atoms with Crippen LogP contribution >= 0.6 is 24.2 Å². The number of rotatable bonds is 4. The lowest BCUT2D eigenvalue weighted by Crippen LogP contribution is -2.31. The third-order valence-electron chi connectivity index (χ3n) is 6.42. The number of benzene rings is 1. The summed E-state index contributed by atoms with van der Waals surface area (Å²) < 4.78 is 0. The lowest BCUT2D eigenvalue weighted by molar-refractivity contribution is -0.118. The topological polar surface area (TPSA) is 41.1 Å². The van der Waals surface area contributed by atoms with Crippen molar-refractivity contribution in [3.05, 3.63) is 23.8 Å². The summed E-state index contributed by atoms with van der Waals surface area (Å²) in [4.78, 5) is 14.0. The van der Waals surface area contributed by atoms with Gasteiger partial charge in [-0.3, -0.25) is 4.79 Å². The van der Waals surface area contributed by atoms with Crippen LogP contribution in [0.2, 0.25) is 0 Å². The highest BCUT2D eigenvalue weighted by Crippen LogP contribution is 2.58. The van der Waals surface area contributed by atoms with Gasteiger partial charge in [-0.25, -0.2) is 0 Å². The Bertz CT molecular complexity index is 639. The molecule has 3 fully saturated rings. The molecule has 2 saturated carbocycles. The van der Waals surface area contributed by atoms with E-state index in [2.05, 4.69) is 35.8 Å². The quantitative estimate of drug-likeness (QED) is 0.740. The maximum absolute atomic E-state index is 12.7. The molecular formula is C21H31ClN2OS. The minimum absolute atomic E-state index is 0. The number of anilines is 1. The van der Waals surface area contributed by atoms with Crippen molar-refractivity contribution >= 4 is 35.8 Å². The summed E-state index contributed by atoms with van der Waals surface area (Å²) in [5, 5.41) is 7.39. The van der Waals surface area contributed by atoms with Crippen molar-refractivity contribution in [2.75, 3.05) is 18.4 Å². The Labute approximate surface area is 167 Å². The van der Waals surface area contributed by atoms with Crippen LogP contribution < -0.4 is 10.6 Å². The van der Waals surface area contributed by atoms with Crippen LogP contribution in [0.25, 0.3) is 0 Å². The van der Waals surface area contributed by atoms with E-state index in [0.717, 1.165) is 43.3 Å². The van der Waals surface area contributed by atoms with E-state index >= 15 is 0 Å². The summed E-state index contributed by atoms with van der Waals surface area (Å²) >= 11 is 2.02. The number of carbonyl (C=O) groups is 1. The van der Waals surface area contributed by atoms with Crippen LogP contribution in [0.15, 0.2) is 23.1 Å². The Hall–Kier alpha value is -0.710. The van der Waals surface area contributed by atoms with Gasteiger partial charge in [0, 0.05) is 21.8 Å². The largest absolute Gasteiger partial charge is 0.326 e. The molecule has 144 valence electrons. The minimum atomic E-state index is 0. The van der Waals surface area contributed by atoms with Crippen LogP contribution in [0.3, 0.4) is 0 Å². The predicted octanol–water partition coefficient (Wildman–Crippen LogP) is 5.17. The molecule has 0 aromatic heterocycles.